The molecule has 2 aromatic carbocycles. The van der Waals surface area contributed by atoms with Gasteiger partial charge < -0.3 is 9.42 Å². The topological polar surface area (TPSA) is 70.1 Å². The monoisotopic (exact) mass is 357 g/mol. The van der Waals surface area contributed by atoms with Crippen LogP contribution in [0.2, 0.25) is 0 Å². The van der Waals surface area contributed by atoms with Gasteiger partial charge in [0.15, 0.2) is 11.5 Å². The Hall–Kier alpha value is -3.39. The van der Waals surface area contributed by atoms with Crippen molar-refractivity contribution in [3.05, 3.63) is 78.0 Å². The molecule has 5 heteroatoms. The van der Waals surface area contributed by atoms with Crippen LogP contribution in [0.25, 0.3) is 11.3 Å². The molecule has 1 saturated heterocycles. The Balaban J connectivity index is 1.48. The van der Waals surface area contributed by atoms with Crippen LogP contribution in [0.1, 0.15) is 28.9 Å². The second-order valence-electron chi connectivity index (χ2n) is 6.79. The largest absolute Gasteiger partial charge is 0.355 e. The lowest BCUT2D eigenvalue weighted by molar-refractivity contribution is 0.0681. The molecule has 1 aliphatic rings. The third-order valence-electron chi connectivity index (χ3n) is 5.23. The molecule has 0 N–H and O–H groups in total. The van der Waals surface area contributed by atoms with Gasteiger partial charge in [-0.2, -0.15) is 5.26 Å². The number of aromatic nitrogens is 1. The van der Waals surface area contributed by atoms with Crippen molar-refractivity contribution in [3.8, 4) is 17.4 Å². The van der Waals surface area contributed by atoms with E-state index < -0.39 is 5.41 Å². The van der Waals surface area contributed by atoms with Crippen LogP contribution in [0, 0.1) is 11.3 Å². The van der Waals surface area contributed by atoms with Crippen molar-refractivity contribution >= 4 is 5.91 Å². The number of rotatable bonds is 3. The van der Waals surface area contributed by atoms with Gasteiger partial charge in [0.25, 0.3) is 5.91 Å². The number of carbonyl (C=O) groups excluding carboxylic acids is 1. The molecule has 27 heavy (non-hydrogen) atoms. The summed E-state index contributed by atoms with van der Waals surface area (Å²) in [6, 6.07) is 23.6. The Labute approximate surface area is 157 Å². The first-order valence-corrected chi connectivity index (χ1v) is 9.00. The predicted molar refractivity (Wildman–Crippen MR) is 101 cm³/mol. The zero-order valence-corrected chi connectivity index (χ0v) is 14.8. The molecular weight excluding hydrogens is 338 g/mol. The minimum absolute atomic E-state index is 0.152. The molecule has 5 nitrogen and oxygen atoms in total. The van der Waals surface area contributed by atoms with E-state index in [-0.39, 0.29) is 5.91 Å². The average molecular weight is 357 g/mol. The Bertz CT molecular complexity index is 966. The van der Waals surface area contributed by atoms with Crippen molar-refractivity contribution in [1.29, 1.82) is 5.26 Å². The zero-order valence-electron chi connectivity index (χ0n) is 14.8. The highest BCUT2D eigenvalue weighted by Crippen LogP contribution is 2.35. The number of nitrogens with zero attached hydrogens (tertiary/aromatic N) is 3. The maximum absolute atomic E-state index is 12.8. The van der Waals surface area contributed by atoms with E-state index in [2.05, 4.69) is 11.2 Å². The second-order valence-corrected chi connectivity index (χ2v) is 6.79. The molecule has 0 spiro atoms. The van der Waals surface area contributed by atoms with Crippen LogP contribution in [0.4, 0.5) is 0 Å². The van der Waals surface area contributed by atoms with Gasteiger partial charge in [0, 0.05) is 24.7 Å². The third kappa shape index (κ3) is 3.22. The number of amides is 1. The van der Waals surface area contributed by atoms with E-state index >= 15 is 0 Å². The van der Waals surface area contributed by atoms with Gasteiger partial charge >= 0.3 is 0 Å². The van der Waals surface area contributed by atoms with Gasteiger partial charge in [0.05, 0.1) is 11.5 Å². The first-order chi connectivity index (χ1) is 13.2. The molecule has 0 radical (unpaired) electrons. The highest BCUT2D eigenvalue weighted by atomic mass is 16.5. The average Bonchev–Trinajstić information content (AvgIpc) is 3.25. The molecule has 4 rings (SSSR count). The lowest BCUT2D eigenvalue weighted by atomic mass is 9.74. The summed E-state index contributed by atoms with van der Waals surface area (Å²) in [5, 5.41) is 13.7. The fourth-order valence-corrected chi connectivity index (χ4v) is 3.59. The number of hydrogen-bond acceptors (Lipinski definition) is 4. The SMILES string of the molecule is N#CC1(c2ccccc2)CCN(C(=O)c2cc(-c3ccccc3)on2)CC1. The first-order valence-electron chi connectivity index (χ1n) is 9.00. The number of hydrogen-bond donors (Lipinski definition) is 0. The minimum atomic E-state index is -0.531. The van der Waals surface area contributed by atoms with Crippen molar-refractivity contribution in [2.45, 2.75) is 18.3 Å². The first kappa shape index (κ1) is 17.0. The molecule has 1 aliphatic heterocycles. The fraction of sp³-hybridized carbons (Fsp3) is 0.227. The molecule has 134 valence electrons. The van der Waals surface area contributed by atoms with Crippen LogP contribution in [-0.2, 0) is 5.41 Å². The molecule has 0 aliphatic carbocycles. The maximum atomic E-state index is 12.8. The van der Waals surface area contributed by atoms with Crippen molar-refractivity contribution in [2.75, 3.05) is 13.1 Å². The smallest absolute Gasteiger partial charge is 0.276 e. The second kappa shape index (κ2) is 7.08. The van der Waals surface area contributed by atoms with Crippen LogP contribution in [0.3, 0.4) is 0 Å². The van der Waals surface area contributed by atoms with Crippen molar-refractivity contribution in [1.82, 2.24) is 10.1 Å². The van der Waals surface area contributed by atoms with E-state index in [1.54, 1.807) is 11.0 Å². The van der Waals surface area contributed by atoms with E-state index in [1.807, 2.05) is 60.7 Å². The molecule has 3 aromatic rings. The lowest BCUT2D eigenvalue weighted by Crippen LogP contribution is -2.44. The Kier molecular flexibility index (Phi) is 4.47. The van der Waals surface area contributed by atoms with Crippen molar-refractivity contribution < 1.29 is 9.32 Å². The van der Waals surface area contributed by atoms with Gasteiger partial charge in [-0.25, -0.2) is 0 Å². The van der Waals surface area contributed by atoms with Crippen molar-refractivity contribution in [2.24, 2.45) is 0 Å². The summed E-state index contributed by atoms with van der Waals surface area (Å²) in [6.45, 7) is 1.05. The zero-order chi connectivity index (χ0) is 18.7. The molecule has 0 bridgehead atoms. The number of piperidine rings is 1. The quantitative estimate of drug-likeness (QED) is 0.709. The fourth-order valence-electron chi connectivity index (χ4n) is 3.59. The number of likely N-dealkylation sites (tertiary alicyclic amines) is 1. The van der Waals surface area contributed by atoms with Crippen LogP contribution >= 0.6 is 0 Å². The summed E-state index contributed by atoms with van der Waals surface area (Å²) in [4.78, 5) is 14.6. The molecule has 1 aromatic heterocycles. The number of benzene rings is 2. The van der Waals surface area contributed by atoms with E-state index in [1.165, 1.54) is 0 Å². The summed E-state index contributed by atoms with van der Waals surface area (Å²) in [7, 11) is 0. The Morgan fingerprint density at radius 2 is 1.67 bits per heavy atom. The maximum Gasteiger partial charge on any atom is 0.276 e. The van der Waals surface area contributed by atoms with Gasteiger partial charge in [0.2, 0.25) is 0 Å². The third-order valence-corrected chi connectivity index (χ3v) is 5.23. The summed E-state index contributed by atoms with van der Waals surface area (Å²) in [6.07, 6.45) is 1.23. The highest BCUT2D eigenvalue weighted by Gasteiger charge is 2.38. The number of nitriles is 1. The predicted octanol–water partition coefficient (Wildman–Crippen LogP) is 4.04. The van der Waals surface area contributed by atoms with E-state index in [0.29, 0.717) is 37.4 Å². The molecular formula is C22H19N3O2. The Morgan fingerprint density at radius 3 is 2.30 bits per heavy atom. The molecule has 2 heterocycles. The molecule has 0 unspecified atom stereocenters. The number of carbonyl (C=O) groups is 1. The Morgan fingerprint density at radius 1 is 1.04 bits per heavy atom. The molecule has 1 amide bonds. The van der Waals surface area contributed by atoms with Crippen molar-refractivity contribution in [3.63, 3.8) is 0 Å². The summed E-state index contributed by atoms with van der Waals surface area (Å²) >= 11 is 0. The van der Waals surface area contributed by atoms with Gasteiger partial charge in [-0.05, 0) is 18.4 Å². The van der Waals surface area contributed by atoms with E-state index in [0.717, 1.165) is 11.1 Å². The van der Waals surface area contributed by atoms with E-state index in [4.69, 9.17) is 4.52 Å². The normalized spacial score (nSPS) is 15.9. The van der Waals surface area contributed by atoms with Gasteiger partial charge in [0.1, 0.15) is 0 Å². The molecule has 0 saturated carbocycles. The van der Waals surface area contributed by atoms with Gasteiger partial charge in [-0.15, -0.1) is 0 Å². The summed E-state index contributed by atoms with van der Waals surface area (Å²) in [5.74, 6) is 0.423. The van der Waals surface area contributed by atoms with Crippen LogP contribution in [0.5, 0.6) is 0 Å². The molecule has 0 atom stereocenters. The van der Waals surface area contributed by atoms with Crippen LogP contribution < -0.4 is 0 Å². The van der Waals surface area contributed by atoms with Gasteiger partial charge in [-0.3, -0.25) is 4.79 Å². The highest BCUT2D eigenvalue weighted by molar-refractivity contribution is 5.93. The van der Waals surface area contributed by atoms with Gasteiger partial charge in [-0.1, -0.05) is 65.8 Å². The van der Waals surface area contributed by atoms with Crippen LogP contribution in [0.15, 0.2) is 71.3 Å². The minimum Gasteiger partial charge on any atom is -0.355 e. The standard InChI is InChI=1S/C22H19N3O2/c23-16-22(18-9-5-2-6-10-18)11-13-25(14-12-22)21(26)19-15-20(27-24-19)17-7-3-1-4-8-17/h1-10,15H,11-14H2. The summed E-state index contributed by atoms with van der Waals surface area (Å²) in [5.41, 5.74) is 1.68. The molecule has 1 fully saturated rings. The lowest BCUT2D eigenvalue weighted by Gasteiger charge is -2.37. The summed E-state index contributed by atoms with van der Waals surface area (Å²) < 4.78 is 5.34. The van der Waals surface area contributed by atoms with E-state index in [9.17, 15) is 10.1 Å². The van der Waals surface area contributed by atoms with Crippen LogP contribution in [-0.4, -0.2) is 29.1 Å².